The fourth-order valence-electron chi connectivity index (χ4n) is 3.12. The lowest BCUT2D eigenvalue weighted by Gasteiger charge is -2.38. The maximum atomic E-state index is 3.76. The minimum Gasteiger partial charge on any atom is -0.307 e. The van der Waals surface area contributed by atoms with E-state index in [1.54, 1.807) is 0 Å². The van der Waals surface area contributed by atoms with Gasteiger partial charge in [-0.15, -0.1) is 0 Å². The molecule has 1 saturated carbocycles. The highest BCUT2D eigenvalue weighted by Gasteiger charge is 2.31. The van der Waals surface area contributed by atoms with Crippen LogP contribution in [0.4, 0.5) is 0 Å². The maximum Gasteiger partial charge on any atom is 0.0294 e. The summed E-state index contributed by atoms with van der Waals surface area (Å²) in [4.78, 5) is 0. The van der Waals surface area contributed by atoms with Crippen molar-refractivity contribution < 1.29 is 0 Å². The predicted octanol–water partition coefficient (Wildman–Crippen LogP) is 5.35. The summed E-state index contributed by atoms with van der Waals surface area (Å²) < 4.78 is 1.25. The van der Waals surface area contributed by atoms with E-state index in [0.717, 1.165) is 0 Å². The van der Waals surface area contributed by atoms with Gasteiger partial charge in [0.05, 0.1) is 0 Å². The van der Waals surface area contributed by atoms with Crippen LogP contribution in [0.5, 0.6) is 0 Å². The van der Waals surface area contributed by atoms with E-state index in [1.807, 2.05) is 0 Å². The SMILES string of the molecule is Cc1ccc(C(C)NC2CC(c3ccccc3Br)C2)cc1. The lowest BCUT2D eigenvalue weighted by molar-refractivity contribution is 0.270. The zero-order valence-corrected chi connectivity index (χ0v) is 14.2. The smallest absolute Gasteiger partial charge is 0.0294 e. The third-order valence-corrected chi connectivity index (χ3v) is 5.27. The Balaban J connectivity index is 1.55. The number of halogens is 1. The summed E-state index contributed by atoms with van der Waals surface area (Å²) in [6, 6.07) is 18.5. The van der Waals surface area contributed by atoms with E-state index in [-0.39, 0.29) is 0 Å². The molecule has 3 rings (SSSR count). The molecule has 1 aliphatic rings. The van der Waals surface area contributed by atoms with Crippen LogP contribution >= 0.6 is 15.9 Å². The first kappa shape index (κ1) is 14.8. The molecule has 21 heavy (non-hydrogen) atoms. The quantitative estimate of drug-likeness (QED) is 0.788. The van der Waals surface area contributed by atoms with Crippen molar-refractivity contribution in [1.29, 1.82) is 0 Å². The summed E-state index contributed by atoms with van der Waals surface area (Å²) in [6.45, 7) is 4.40. The molecule has 0 bridgehead atoms. The average Bonchev–Trinajstić information content (AvgIpc) is 2.44. The van der Waals surface area contributed by atoms with Gasteiger partial charge in [-0.2, -0.15) is 0 Å². The second-order valence-electron chi connectivity index (χ2n) is 6.19. The number of hydrogen-bond acceptors (Lipinski definition) is 1. The monoisotopic (exact) mass is 343 g/mol. The molecule has 0 aliphatic heterocycles. The molecule has 0 spiro atoms. The third kappa shape index (κ3) is 3.38. The third-order valence-electron chi connectivity index (χ3n) is 4.55. The molecule has 2 aromatic carbocycles. The van der Waals surface area contributed by atoms with Crippen LogP contribution in [-0.2, 0) is 0 Å². The molecule has 0 radical (unpaired) electrons. The first-order chi connectivity index (χ1) is 10.1. The standard InChI is InChI=1S/C19H22BrN/c1-13-7-9-15(10-8-13)14(2)21-17-11-16(12-17)18-5-3-4-6-19(18)20/h3-10,14,16-17,21H,11-12H2,1-2H3. The highest BCUT2D eigenvalue weighted by atomic mass is 79.9. The molecule has 2 heteroatoms. The van der Waals surface area contributed by atoms with E-state index in [2.05, 4.69) is 83.6 Å². The van der Waals surface area contributed by atoms with Gasteiger partial charge in [0.15, 0.2) is 0 Å². The molecule has 110 valence electrons. The van der Waals surface area contributed by atoms with Gasteiger partial charge in [0.1, 0.15) is 0 Å². The maximum absolute atomic E-state index is 3.76. The molecular formula is C19H22BrN. The normalized spacial score (nSPS) is 22.6. The molecule has 1 fully saturated rings. The van der Waals surface area contributed by atoms with Crippen molar-refractivity contribution in [2.45, 2.75) is 44.7 Å². The Morgan fingerprint density at radius 1 is 1.05 bits per heavy atom. The molecular weight excluding hydrogens is 322 g/mol. The van der Waals surface area contributed by atoms with Gasteiger partial charge in [0.2, 0.25) is 0 Å². The van der Waals surface area contributed by atoms with Gasteiger partial charge >= 0.3 is 0 Å². The second kappa shape index (κ2) is 6.33. The van der Waals surface area contributed by atoms with Crippen LogP contribution in [0.3, 0.4) is 0 Å². The Morgan fingerprint density at radius 3 is 2.38 bits per heavy atom. The van der Waals surface area contributed by atoms with Gasteiger partial charge in [-0.3, -0.25) is 0 Å². The largest absolute Gasteiger partial charge is 0.307 e. The summed E-state index contributed by atoms with van der Waals surface area (Å²) >= 11 is 3.67. The summed E-state index contributed by atoms with van der Waals surface area (Å²) in [7, 11) is 0. The van der Waals surface area contributed by atoms with Gasteiger partial charge in [-0.05, 0) is 49.8 Å². The van der Waals surface area contributed by atoms with Crippen molar-refractivity contribution in [2.75, 3.05) is 0 Å². The van der Waals surface area contributed by atoms with Gasteiger partial charge in [-0.1, -0.05) is 64.0 Å². The molecule has 1 unspecified atom stereocenters. The van der Waals surface area contributed by atoms with Gasteiger partial charge < -0.3 is 5.32 Å². The summed E-state index contributed by atoms with van der Waals surface area (Å²) in [5, 5.41) is 3.76. The average molecular weight is 344 g/mol. The van der Waals surface area contributed by atoms with Gasteiger partial charge in [0.25, 0.3) is 0 Å². The van der Waals surface area contributed by atoms with Crippen LogP contribution in [0, 0.1) is 6.92 Å². The van der Waals surface area contributed by atoms with Crippen LogP contribution in [0.2, 0.25) is 0 Å². The van der Waals surface area contributed by atoms with E-state index in [0.29, 0.717) is 18.0 Å². The number of nitrogens with one attached hydrogen (secondary N) is 1. The number of aryl methyl sites for hydroxylation is 1. The highest BCUT2D eigenvalue weighted by Crippen LogP contribution is 2.40. The Labute approximate surface area is 135 Å². The summed E-state index contributed by atoms with van der Waals surface area (Å²) in [6.07, 6.45) is 2.47. The fraction of sp³-hybridized carbons (Fsp3) is 0.368. The van der Waals surface area contributed by atoms with E-state index in [9.17, 15) is 0 Å². The second-order valence-corrected chi connectivity index (χ2v) is 7.04. The van der Waals surface area contributed by atoms with Crippen LogP contribution in [-0.4, -0.2) is 6.04 Å². The first-order valence-electron chi connectivity index (χ1n) is 7.70. The van der Waals surface area contributed by atoms with Crippen molar-refractivity contribution in [3.05, 3.63) is 69.7 Å². The van der Waals surface area contributed by atoms with Crippen molar-refractivity contribution in [1.82, 2.24) is 5.32 Å². The topological polar surface area (TPSA) is 12.0 Å². The van der Waals surface area contributed by atoms with Crippen molar-refractivity contribution in [3.63, 3.8) is 0 Å². The Bertz CT molecular complexity index is 599. The Morgan fingerprint density at radius 2 is 1.71 bits per heavy atom. The predicted molar refractivity (Wildman–Crippen MR) is 92.6 cm³/mol. The van der Waals surface area contributed by atoms with Crippen molar-refractivity contribution in [3.8, 4) is 0 Å². The molecule has 1 nitrogen and oxygen atoms in total. The van der Waals surface area contributed by atoms with Crippen molar-refractivity contribution in [2.24, 2.45) is 0 Å². The number of hydrogen-bond donors (Lipinski definition) is 1. The summed E-state index contributed by atoms with van der Waals surface area (Å²) in [5.74, 6) is 0.697. The molecule has 1 N–H and O–H groups in total. The zero-order valence-electron chi connectivity index (χ0n) is 12.6. The highest BCUT2D eigenvalue weighted by molar-refractivity contribution is 9.10. The lowest BCUT2D eigenvalue weighted by atomic mass is 9.75. The van der Waals surface area contributed by atoms with E-state index in [1.165, 1.54) is 34.0 Å². The molecule has 0 aromatic heterocycles. The minimum atomic E-state index is 0.427. The van der Waals surface area contributed by atoms with Crippen molar-refractivity contribution >= 4 is 15.9 Å². The molecule has 1 atom stereocenters. The lowest BCUT2D eigenvalue weighted by Crippen LogP contribution is -2.41. The first-order valence-corrected chi connectivity index (χ1v) is 8.50. The molecule has 0 heterocycles. The van der Waals surface area contributed by atoms with E-state index >= 15 is 0 Å². The van der Waals surface area contributed by atoms with Crippen LogP contribution in [0.1, 0.15) is 48.4 Å². The molecule has 1 aliphatic carbocycles. The van der Waals surface area contributed by atoms with Gasteiger partial charge in [0, 0.05) is 16.6 Å². The summed E-state index contributed by atoms with van der Waals surface area (Å²) in [5.41, 5.74) is 4.16. The Hall–Kier alpha value is -1.12. The van der Waals surface area contributed by atoms with Crippen LogP contribution in [0.15, 0.2) is 53.0 Å². The Kier molecular flexibility index (Phi) is 4.46. The van der Waals surface area contributed by atoms with E-state index in [4.69, 9.17) is 0 Å². The molecule has 0 saturated heterocycles. The molecule has 2 aromatic rings. The fourth-order valence-corrected chi connectivity index (χ4v) is 3.73. The minimum absolute atomic E-state index is 0.427. The van der Waals surface area contributed by atoms with Gasteiger partial charge in [-0.25, -0.2) is 0 Å². The van der Waals surface area contributed by atoms with Crippen LogP contribution in [0.25, 0.3) is 0 Å². The number of rotatable bonds is 4. The zero-order chi connectivity index (χ0) is 14.8. The number of benzene rings is 2. The van der Waals surface area contributed by atoms with Crippen LogP contribution < -0.4 is 5.32 Å². The molecule has 0 amide bonds. The van der Waals surface area contributed by atoms with E-state index < -0.39 is 0 Å².